The summed E-state index contributed by atoms with van der Waals surface area (Å²) in [5.74, 6) is 0.613. The van der Waals surface area contributed by atoms with E-state index in [1.165, 1.54) is 33.5 Å². The molecule has 0 N–H and O–H groups in total. The third-order valence-electron chi connectivity index (χ3n) is 5.19. The predicted molar refractivity (Wildman–Crippen MR) is 121 cm³/mol. The number of hydrogen-bond donors (Lipinski definition) is 0. The average molecular weight is 431 g/mol. The molecule has 0 aliphatic carbocycles. The normalized spacial score (nSPS) is 10.6. The van der Waals surface area contributed by atoms with Crippen LogP contribution in [0.25, 0.3) is 16.8 Å². The minimum atomic E-state index is -0.352. The fraction of sp³-hybridized carbons (Fsp3) is 0.115. The van der Waals surface area contributed by atoms with Crippen molar-refractivity contribution >= 4 is 5.78 Å². The number of methoxy groups -OCH3 is 3. The second kappa shape index (κ2) is 8.98. The van der Waals surface area contributed by atoms with Gasteiger partial charge in [0.25, 0.3) is 0 Å². The van der Waals surface area contributed by atoms with Crippen molar-refractivity contribution in [3.8, 4) is 34.1 Å². The molecule has 0 saturated carbocycles. The molecule has 5 nitrogen and oxygen atoms in total. The molecular weight excluding hydrogens is 409 g/mol. The van der Waals surface area contributed by atoms with Gasteiger partial charge >= 0.3 is 0 Å². The number of halogens is 1. The molecule has 0 spiro atoms. The SMILES string of the molecule is COc1cc(C(=O)c2cn(-c3cccc(F)c3)cc2-c2ccccc2)cc(OC)c1OC. The number of benzene rings is 3. The molecule has 1 aromatic heterocycles. The number of rotatable bonds is 7. The lowest BCUT2D eigenvalue weighted by Crippen LogP contribution is -2.04. The Morgan fingerprint density at radius 2 is 1.50 bits per heavy atom. The number of carbonyl (C=O) groups is 1. The van der Waals surface area contributed by atoms with E-state index in [0.29, 0.717) is 34.1 Å². The summed E-state index contributed by atoms with van der Waals surface area (Å²) >= 11 is 0. The summed E-state index contributed by atoms with van der Waals surface area (Å²) in [5.41, 5.74) is 3.07. The number of hydrogen-bond acceptors (Lipinski definition) is 4. The Bertz CT molecular complexity index is 1240. The summed E-state index contributed by atoms with van der Waals surface area (Å²) in [5, 5.41) is 0. The molecule has 0 bridgehead atoms. The fourth-order valence-corrected chi connectivity index (χ4v) is 3.64. The van der Waals surface area contributed by atoms with E-state index < -0.39 is 0 Å². The second-order valence-corrected chi connectivity index (χ2v) is 7.08. The highest BCUT2D eigenvalue weighted by atomic mass is 19.1. The lowest BCUT2D eigenvalue weighted by Gasteiger charge is -2.14. The summed E-state index contributed by atoms with van der Waals surface area (Å²) in [4.78, 5) is 13.6. The molecule has 1 heterocycles. The topological polar surface area (TPSA) is 49.7 Å². The monoisotopic (exact) mass is 431 g/mol. The van der Waals surface area contributed by atoms with Gasteiger partial charge in [-0.2, -0.15) is 0 Å². The molecule has 0 saturated heterocycles. The van der Waals surface area contributed by atoms with Gasteiger partial charge < -0.3 is 18.8 Å². The van der Waals surface area contributed by atoms with Gasteiger partial charge in [-0.05, 0) is 35.9 Å². The highest BCUT2D eigenvalue weighted by molar-refractivity contribution is 6.13. The molecule has 0 aliphatic rings. The van der Waals surface area contributed by atoms with Crippen molar-refractivity contribution in [2.24, 2.45) is 0 Å². The largest absolute Gasteiger partial charge is 0.493 e. The molecule has 0 fully saturated rings. The van der Waals surface area contributed by atoms with Crippen LogP contribution in [-0.4, -0.2) is 31.7 Å². The van der Waals surface area contributed by atoms with Crippen LogP contribution in [0.2, 0.25) is 0 Å². The molecule has 0 aliphatic heterocycles. The van der Waals surface area contributed by atoms with Crippen LogP contribution in [-0.2, 0) is 0 Å². The first-order valence-electron chi connectivity index (χ1n) is 9.93. The standard InChI is InChI=1S/C26H22FNO4/c1-30-23-12-18(13-24(31-2)26(23)32-3)25(29)22-16-28(20-11-7-10-19(27)14-20)15-21(22)17-8-5-4-6-9-17/h4-16H,1-3H3. The number of nitrogens with zero attached hydrogens (tertiary/aromatic N) is 1. The first-order valence-corrected chi connectivity index (χ1v) is 9.93. The minimum Gasteiger partial charge on any atom is -0.493 e. The zero-order valence-electron chi connectivity index (χ0n) is 18.0. The summed E-state index contributed by atoms with van der Waals surface area (Å²) in [6, 6.07) is 19.0. The molecule has 0 atom stereocenters. The van der Waals surface area contributed by atoms with Gasteiger partial charge in [0, 0.05) is 34.8 Å². The van der Waals surface area contributed by atoms with Gasteiger partial charge in [0.05, 0.1) is 21.3 Å². The summed E-state index contributed by atoms with van der Waals surface area (Å²) in [7, 11) is 4.51. The molecule has 0 unspecified atom stereocenters. The van der Waals surface area contributed by atoms with Gasteiger partial charge in [-0.25, -0.2) is 4.39 Å². The van der Waals surface area contributed by atoms with Crippen LogP contribution in [0.3, 0.4) is 0 Å². The minimum absolute atomic E-state index is 0.224. The number of carbonyl (C=O) groups excluding carboxylic acids is 1. The van der Waals surface area contributed by atoms with Crippen molar-refractivity contribution in [3.63, 3.8) is 0 Å². The number of ether oxygens (including phenoxy) is 3. The summed E-state index contributed by atoms with van der Waals surface area (Å²) < 4.78 is 31.7. The zero-order chi connectivity index (χ0) is 22.7. The van der Waals surface area contributed by atoms with Crippen molar-refractivity contribution in [2.75, 3.05) is 21.3 Å². The molecule has 162 valence electrons. The maximum atomic E-state index is 13.8. The van der Waals surface area contributed by atoms with E-state index in [0.717, 1.165) is 11.1 Å². The molecule has 3 aromatic carbocycles. The highest BCUT2D eigenvalue weighted by Crippen LogP contribution is 2.39. The van der Waals surface area contributed by atoms with Gasteiger partial charge in [0.15, 0.2) is 17.3 Å². The van der Waals surface area contributed by atoms with Crippen LogP contribution in [0.5, 0.6) is 17.2 Å². The van der Waals surface area contributed by atoms with Crippen LogP contribution < -0.4 is 14.2 Å². The Morgan fingerprint density at radius 3 is 2.09 bits per heavy atom. The summed E-state index contributed by atoms with van der Waals surface area (Å²) in [6.45, 7) is 0. The van der Waals surface area contributed by atoms with E-state index in [-0.39, 0.29) is 11.6 Å². The average Bonchev–Trinajstić information content (AvgIpc) is 3.28. The molecule has 4 aromatic rings. The van der Waals surface area contributed by atoms with Crippen molar-refractivity contribution in [2.45, 2.75) is 0 Å². The highest BCUT2D eigenvalue weighted by Gasteiger charge is 2.22. The molecule has 32 heavy (non-hydrogen) atoms. The van der Waals surface area contributed by atoms with E-state index in [4.69, 9.17) is 14.2 Å². The van der Waals surface area contributed by atoms with E-state index in [2.05, 4.69) is 0 Å². The molecular formula is C26H22FNO4. The van der Waals surface area contributed by atoms with E-state index in [9.17, 15) is 9.18 Å². The smallest absolute Gasteiger partial charge is 0.203 e. The zero-order valence-corrected chi connectivity index (χ0v) is 18.0. The van der Waals surface area contributed by atoms with Gasteiger partial charge in [-0.3, -0.25) is 4.79 Å². The van der Waals surface area contributed by atoms with Crippen molar-refractivity contribution < 1.29 is 23.4 Å². The maximum Gasteiger partial charge on any atom is 0.203 e. The van der Waals surface area contributed by atoms with E-state index in [1.807, 2.05) is 36.5 Å². The first-order chi connectivity index (χ1) is 15.5. The molecule has 6 heteroatoms. The van der Waals surface area contributed by atoms with Crippen molar-refractivity contribution in [1.82, 2.24) is 4.57 Å². The van der Waals surface area contributed by atoms with Crippen LogP contribution in [0.15, 0.2) is 79.1 Å². The van der Waals surface area contributed by atoms with Crippen LogP contribution >= 0.6 is 0 Å². The third-order valence-corrected chi connectivity index (χ3v) is 5.19. The maximum absolute atomic E-state index is 13.8. The Labute approximate surface area is 185 Å². The van der Waals surface area contributed by atoms with E-state index in [1.54, 1.807) is 35.0 Å². The van der Waals surface area contributed by atoms with Crippen molar-refractivity contribution in [1.29, 1.82) is 0 Å². The van der Waals surface area contributed by atoms with Gasteiger partial charge in [-0.15, -0.1) is 0 Å². The Kier molecular flexibility index (Phi) is 5.94. The van der Waals surface area contributed by atoms with Crippen LogP contribution in [0.4, 0.5) is 4.39 Å². The Balaban J connectivity index is 1.88. The van der Waals surface area contributed by atoms with E-state index >= 15 is 0 Å². The van der Waals surface area contributed by atoms with Gasteiger partial charge in [0.1, 0.15) is 5.82 Å². The van der Waals surface area contributed by atoms with Gasteiger partial charge in [-0.1, -0.05) is 36.4 Å². The lowest BCUT2D eigenvalue weighted by atomic mass is 9.97. The Morgan fingerprint density at radius 1 is 0.812 bits per heavy atom. The fourth-order valence-electron chi connectivity index (χ4n) is 3.64. The van der Waals surface area contributed by atoms with Crippen molar-refractivity contribution in [3.05, 3.63) is 96.1 Å². The first kappa shape index (κ1) is 21.2. The predicted octanol–water partition coefficient (Wildman–Crippen LogP) is 5.54. The van der Waals surface area contributed by atoms with Crippen LogP contribution in [0, 0.1) is 5.82 Å². The molecule has 0 amide bonds. The Hall–Kier alpha value is -4.06. The lowest BCUT2D eigenvalue weighted by molar-refractivity contribution is 0.103. The second-order valence-electron chi connectivity index (χ2n) is 7.08. The number of ketones is 1. The number of aromatic nitrogens is 1. The quantitative estimate of drug-likeness (QED) is 0.361. The molecule has 0 radical (unpaired) electrons. The summed E-state index contributed by atoms with van der Waals surface area (Å²) in [6.07, 6.45) is 3.54. The van der Waals surface area contributed by atoms with Gasteiger partial charge in [0.2, 0.25) is 5.75 Å². The third kappa shape index (κ3) is 3.95. The molecule has 4 rings (SSSR count). The van der Waals surface area contributed by atoms with Crippen LogP contribution in [0.1, 0.15) is 15.9 Å².